The average Bonchev–Trinajstić information content (AvgIpc) is 2.76. The minimum atomic E-state index is -3.72. The molecule has 1 aliphatic rings. The maximum Gasteiger partial charge on any atom is 0.345 e. The lowest BCUT2D eigenvalue weighted by Crippen LogP contribution is -2.37. The highest BCUT2D eigenvalue weighted by Gasteiger charge is 2.27. The van der Waals surface area contributed by atoms with Crippen molar-refractivity contribution >= 4 is 33.3 Å². The van der Waals surface area contributed by atoms with Crippen molar-refractivity contribution in [3.8, 4) is 5.75 Å². The Morgan fingerprint density at radius 2 is 1.73 bits per heavy atom. The van der Waals surface area contributed by atoms with Gasteiger partial charge in [0.15, 0.2) is 0 Å². The van der Waals surface area contributed by atoms with Gasteiger partial charge in [-0.15, -0.1) is 0 Å². The number of anilines is 1. The van der Waals surface area contributed by atoms with Crippen molar-refractivity contribution < 1.29 is 22.7 Å². The molecule has 30 heavy (non-hydrogen) atoms. The minimum absolute atomic E-state index is 0.0614. The average molecular weight is 453 g/mol. The van der Waals surface area contributed by atoms with Gasteiger partial charge in [0, 0.05) is 31.2 Å². The van der Waals surface area contributed by atoms with Gasteiger partial charge < -0.3 is 14.4 Å². The molecule has 0 saturated carbocycles. The van der Waals surface area contributed by atoms with Gasteiger partial charge in [-0.2, -0.15) is 4.31 Å². The third-order valence-corrected chi connectivity index (χ3v) is 7.20. The minimum Gasteiger partial charge on any atom is -0.423 e. The lowest BCUT2D eigenvalue weighted by Gasteiger charge is -2.30. The predicted octanol–water partition coefficient (Wildman–Crippen LogP) is 3.43. The van der Waals surface area contributed by atoms with E-state index < -0.39 is 16.0 Å². The third kappa shape index (κ3) is 4.95. The van der Waals surface area contributed by atoms with Crippen LogP contribution in [0.15, 0.2) is 47.4 Å². The normalized spacial score (nSPS) is 14.7. The highest BCUT2D eigenvalue weighted by Crippen LogP contribution is 2.28. The first-order valence-electron chi connectivity index (χ1n) is 9.81. The van der Waals surface area contributed by atoms with E-state index in [0.29, 0.717) is 55.9 Å². The zero-order valence-corrected chi connectivity index (χ0v) is 18.6. The third-order valence-electron chi connectivity index (χ3n) is 4.91. The first kappa shape index (κ1) is 22.6. The van der Waals surface area contributed by atoms with Crippen molar-refractivity contribution in [2.75, 3.05) is 44.3 Å². The Morgan fingerprint density at radius 1 is 1.10 bits per heavy atom. The monoisotopic (exact) mass is 452 g/mol. The van der Waals surface area contributed by atoms with Crippen LogP contribution in [0.25, 0.3) is 0 Å². The molecule has 1 aliphatic heterocycles. The molecular formula is C21H25ClN2O5S. The van der Waals surface area contributed by atoms with E-state index in [1.807, 2.05) is 4.90 Å². The molecule has 1 heterocycles. The number of hydrogen-bond acceptors (Lipinski definition) is 6. The van der Waals surface area contributed by atoms with Gasteiger partial charge in [-0.3, -0.25) is 0 Å². The van der Waals surface area contributed by atoms with Crippen molar-refractivity contribution in [3.05, 3.63) is 53.1 Å². The van der Waals surface area contributed by atoms with Crippen molar-refractivity contribution in [2.24, 2.45) is 0 Å². The molecule has 0 spiro atoms. The van der Waals surface area contributed by atoms with Gasteiger partial charge in [-0.1, -0.05) is 25.4 Å². The molecule has 162 valence electrons. The van der Waals surface area contributed by atoms with Gasteiger partial charge in [0.25, 0.3) is 0 Å². The fourth-order valence-electron chi connectivity index (χ4n) is 3.30. The summed E-state index contributed by atoms with van der Waals surface area (Å²) in [4.78, 5) is 15.1. The fourth-order valence-corrected chi connectivity index (χ4v) is 4.91. The lowest BCUT2D eigenvalue weighted by molar-refractivity contribution is 0.0734. The first-order valence-corrected chi connectivity index (χ1v) is 11.6. The number of esters is 1. The molecule has 7 nitrogen and oxygen atoms in total. The highest BCUT2D eigenvalue weighted by molar-refractivity contribution is 7.89. The number of ether oxygens (including phenoxy) is 2. The number of carbonyl (C=O) groups is 1. The number of sulfonamides is 1. The molecule has 0 N–H and O–H groups in total. The van der Waals surface area contributed by atoms with E-state index in [1.165, 1.54) is 16.4 Å². The topological polar surface area (TPSA) is 76.2 Å². The standard InChI is InChI=1S/C21H25ClN2O5S/c1-3-24(4-2)30(26,27)18-9-10-20(23-11-13-28-14-12-23)19(15-18)21(25)29-17-7-5-16(22)6-8-17/h5-10,15H,3-4,11-14H2,1-2H3. The lowest BCUT2D eigenvalue weighted by atomic mass is 10.1. The summed E-state index contributed by atoms with van der Waals surface area (Å²) in [7, 11) is -3.72. The molecule has 0 bridgehead atoms. The molecule has 2 aromatic rings. The van der Waals surface area contributed by atoms with E-state index in [1.54, 1.807) is 44.2 Å². The summed E-state index contributed by atoms with van der Waals surface area (Å²) in [5.74, 6) is -0.301. The Hall–Kier alpha value is -2.13. The summed E-state index contributed by atoms with van der Waals surface area (Å²) in [5.41, 5.74) is 0.816. The van der Waals surface area contributed by atoms with Crippen molar-refractivity contribution in [3.63, 3.8) is 0 Å². The van der Waals surface area contributed by atoms with Crippen LogP contribution in [0.4, 0.5) is 5.69 Å². The summed E-state index contributed by atoms with van der Waals surface area (Å²) in [5, 5.41) is 0.524. The van der Waals surface area contributed by atoms with Crippen molar-refractivity contribution in [2.45, 2.75) is 18.7 Å². The second kappa shape index (κ2) is 9.78. The Kier molecular flexibility index (Phi) is 7.36. The van der Waals surface area contributed by atoms with Gasteiger partial charge in [-0.25, -0.2) is 13.2 Å². The highest BCUT2D eigenvalue weighted by atomic mass is 35.5. The molecular weight excluding hydrogens is 428 g/mol. The van der Waals surface area contributed by atoms with Crippen LogP contribution < -0.4 is 9.64 Å². The van der Waals surface area contributed by atoms with E-state index in [4.69, 9.17) is 21.1 Å². The summed E-state index contributed by atoms with van der Waals surface area (Å²) in [6, 6.07) is 11.0. The molecule has 0 radical (unpaired) electrons. The molecule has 1 saturated heterocycles. The van der Waals surface area contributed by atoms with E-state index in [-0.39, 0.29) is 10.5 Å². The van der Waals surface area contributed by atoms with E-state index in [2.05, 4.69) is 0 Å². The molecule has 2 aromatic carbocycles. The van der Waals surface area contributed by atoms with Gasteiger partial charge in [0.1, 0.15) is 5.75 Å². The van der Waals surface area contributed by atoms with Crippen LogP contribution in [0.5, 0.6) is 5.75 Å². The van der Waals surface area contributed by atoms with Gasteiger partial charge in [0.05, 0.1) is 29.4 Å². The number of nitrogens with zero attached hydrogens (tertiary/aromatic N) is 2. The van der Waals surface area contributed by atoms with Crippen LogP contribution in [-0.4, -0.2) is 58.1 Å². The van der Waals surface area contributed by atoms with E-state index in [9.17, 15) is 13.2 Å². The number of morpholine rings is 1. The number of benzene rings is 2. The van der Waals surface area contributed by atoms with E-state index >= 15 is 0 Å². The summed E-state index contributed by atoms with van der Waals surface area (Å²) < 4.78 is 38.2. The maximum absolute atomic E-state index is 13.0. The summed E-state index contributed by atoms with van der Waals surface area (Å²) in [6.45, 7) is 6.50. The second-order valence-corrected chi connectivity index (χ2v) is 9.09. The van der Waals surface area contributed by atoms with Crippen molar-refractivity contribution in [1.29, 1.82) is 0 Å². The quantitative estimate of drug-likeness (QED) is 0.473. The van der Waals surface area contributed by atoms with Crippen LogP contribution in [-0.2, 0) is 14.8 Å². The Labute approximate surface area is 182 Å². The molecule has 0 unspecified atom stereocenters. The molecule has 9 heteroatoms. The van der Waals surface area contributed by atoms with E-state index in [0.717, 1.165) is 0 Å². The predicted molar refractivity (Wildman–Crippen MR) is 116 cm³/mol. The second-order valence-electron chi connectivity index (χ2n) is 6.71. The molecule has 0 aliphatic carbocycles. The van der Waals surface area contributed by atoms with Gasteiger partial charge in [-0.05, 0) is 42.5 Å². The smallest absolute Gasteiger partial charge is 0.345 e. The first-order chi connectivity index (χ1) is 14.4. The van der Waals surface area contributed by atoms with Crippen LogP contribution >= 0.6 is 11.6 Å². The molecule has 0 aromatic heterocycles. The molecule has 0 atom stereocenters. The van der Waals surface area contributed by atoms with Gasteiger partial charge >= 0.3 is 5.97 Å². The summed E-state index contributed by atoms with van der Waals surface area (Å²) in [6.07, 6.45) is 0. The number of rotatable bonds is 7. The van der Waals surface area contributed by atoms with Crippen molar-refractivity contribution in [1.82, 2.24) is 4.31 Å². The zero-order chi connectivity index (χ0) is 21.7. The molecule has 0 amide bonds. The van der Waals surface area contributed by atoms with Crippen LogP contribution in [0.1, 0.15) is 24.2 Å². The van der Waals surface area contributed by atoms with Gasteiger partial charge in [0.2, 0.25) is 10.0 Å². The maximum atomic E-state index is 13.0. The number of halogens is 1. The van der Waals surface area contributed by atoms with Crippen LogP contribution in [0.2, 0.25) is 5.02 Å². The zero-order valence-electron chi connectivity index (χ0n) is 17.0. The Bertz CT molecular complexity index is 985. The molecule has 1 fully saturated rings. The Balaban J connectivity index is 2.01. The SMILES string of the molecule is CCN(CC)S(=O)(=O)c1ccc(N2CCOCC2)c(C(=O)Oc2ccc(Cl)cc2)c1. The Morgan fingerprint density at radius 3 is 2.33 bits per heavy atom. The largest absolute Gasteiger partial charge is 0.423 e. The van der Waals surface area contributed by atoms with Crippen LogP contribution in [0, 0.1) is 0 Å². The molecule has 3 rings (SSSR count). The number of hydrogen-bond donors (Lipinski definition) is 0. The van der Waals surface area contributed by atoms with Crippen LogP contribution in [0.3, 0.4) is 0 Å². The fraction of sp³-hybridized carbons (Fsp3) is 0.381. The summed E-state index contributed by atoms with van der Waals surface area (Å²) >= 11 is 5.89. The number of carbonyl (C=O) groups excluding carboxylic acids is 1.